The summed E-state index contributed by atoms with van der Waals surface area (Å²) in [6, 6.07) is 14.4. The van der Waals surface area contributed by atoms with E-state index < -0.39 is 10.0 Å². The van der Waals surface area contributed by atoms with Gasteiger partial charge in [0.25, 0.3) is 0 Å². The van der Waals surface area contributed by atoms with Crippen LogP contribution in [0.5, 0.6) is 0 Å². The van der Waals surface area contributed by atoms with Gasteiger partial charge in [-0.05, 0) is 46.8 Å². The van der Waals surface area contributed by atoms with Gasteiger partial charge in [-0.3, -0.25) is 4.90 Å². The number of hydrogen-bond donors (Lipinski definition) is 0. The highest BCUT2D eigenvalue weighted by atomic mass is 32.2. The number of sulfonamides is 1. The summed E-state index contributed by atoms with van der Waals surface area (Å²) >= 11 is 0. The lowest BCUT2D eigenvalue weighted by molar-refractivity contribution is 0.177. The van der Waals surface area contributed by atoms with Gasteiger partial charge >= 0.3 is 0 Å². The van der Waals surface area contributed by atoms with Crippen LogP contribution < -0.4 is 0 Å². The maximum absolute atomic E-state index is 13.1. The molecular weight excluding hydrogens is 383 g/mol. The van der Waals surface area contributed by atoms with Crippen molar-refractivity contribution in [3.63, 3.8) is 0 Å². The zero-order valence-electron chi connectivity index (χ0n) is 15.0. The topological polar surface area (TPSA) is 84.2 Å². The summed E-state index contributed by atoms with van der Waals surface area (Å²) in [6.45, 7) is 2.42. The first-order valence-electron chi connectivity index (χ1n) is 8.85. The van der Waals surface area contributed by atoms with Crippen LogP contribution in [0.2, 0.25) is 0 Å². The minimum absolute atomic E-state index is 0.309. The molecule has 3 aromatic rings. The van der Waals surface area contributed by atoms with Crippen molar-refractivity contribution >= 4 is 10.0 Å². The van der Waals surface area contributed by atoms with Gasteiger partial charge in [-0.2, -0.15) is 8.99 Å². The molecule has 0 radical (unpaired) electrons. The van der Waals surface area contributed by atoms with E-state index >= 15 is 0 Å². The second kappa shape index (κ2) is 7.74. The molecule has 0 bridgehead atoms. The number of benzene rings is 2. The Bertz CT molecular complexity index is 1030. The molecule has 1 aliphatic rings. The molecule has 1 fully saturated rings. The highest BCUT2D eigenvalue weighted by molar-refractivity contribution is 7.89. The molecule has 2 aromatic carbocycles. The van der Waals surface area contributed by atoms with E-state index in [0.29, 0.717) is 49.1 Å². The van der Waals surface area contributed by atoms with Gasteiger partial charge in [-0.15, -0.1) is 5.10 Å². The van der Waals surface area contributed by atoms with Crippen molar-refractivity contribution in [2.24, 2.45) is 0 Å². The molecule has 1 aromatic heterocycles. The van der Waals surface area contributed by atoms with Crippen LogP contribution in [-0.4, -0.2) is 64.0 Å². The quantitative estimate of drug-likeness (QED) is 0.640. The monoisotopic (exact) mass is 402 g/mol. The van der Waals surface area contributed by atoms with Crippen LogP contribution >= 0.6 is 0 Å². The molecule has 1 saturated heterocycles. The third kappa shape index (κ3) is 3.79. The largest absolute Gasteiger partial charge is 0.293 e. The van der Waals surface area contributed by atoms with Crippen molar-refractivity contribution in [2.75, 3.05) is 26.2 Å². The van der Waals surface area contributed by atoms with Gasteiger partial charge in [-0.1, -0.05) is 18.2 Å². The smallest absolute Gasteiger partial charge is 0.243 e. The zero-order chi connectivity index (χ0) is 19.6. The summed E-state index contributed by atoms with van der Waals surface area (Å²) < 4.78 is 41.6. The Balaban J connectivity index is 1.42. The lowest BCUT2D eigenvalue weighted by atomic mass is 10.3. The van der Waals surface area contributed by atoms with Gasteiger partial charge in [0.1, 0.15) is 5.82 Å². The van der Waals surface area contributed by atoms with Crippen molar-refractivity contribution in [1.82, 2.24) is 29.4 Å². The minimum atomic E-state index is -3.48. The number of rotatable bonds is 5. The Labute approximate surface area is 162 Å². The van der Waals surface area contributed by atoms with E-state index in [-0.39, 0.29) is 5.82 Å². The molecule has 0 atom stereocenters. The molecule has 2 heterocycles. The highest BCUT2D eigenvalue weighted by Gasteiger charge is 2.28. The molecular formula is C18H19FN6O2S. The number of hydrogen-bond acceptors (Lipinski definition) is 6. The van der Waals surface area contributed by atoms with Crippen LogP contribution in [0.3, 0.4) is 0 Å². The molecule has 1 aliphatic heterocycles. The number of aromatic nitrogens is 4. The second-order valence-electron chi connectivity index (χ2n) is 6.48. The van der Waals surface area contributed by atoms with Gasteiger partial charge in [0.2, 0.25) is 10.0 Å². The van der Waals surface area contributed by atoms with Crippen molar-refractivity contribution in [2.45, 2.75) is 11.4 Å². The van der Waals surface area contributed by atoms with E-state index in [0.717, 1.165) is 0 Å². The summed E-state index contributed by atoms with van der Waals surface area (Å²) in [4.78, 5) is 2.41. The predicted molar refractivity (Wildman–Crippen MR) is 99.6 cm³/mol. The lowest BCUT2D eigenvalue weighted by Crippen LogP contribution is -2.48. The van der Waals surface area contributed by atoms with E-state index in [2.05, 4.69) is 20.4 Å². The fourth-order valence-corrected chi connectivity index (χ4v) is 4.60. The van der Waals surface area contributed by atoms with Crippen LogP contribution in [0, 0.1) is 5.82 Å². The molecule has 0 spiro atoms. The van der Waals surface area contributed by atoms with Crippen LogP contribution in [0.15, 0.2) is 59.5 Å². The number of tetrazole rings is 1. The first kappa shape index (κ1) is 18.7. The third-order valence-electron chi connectivity index (χ3n) is 4.68. The van der Waals surface area contributed by atoms with E-state index in [1.165, 1.54) is 16.4 Å². The molecule has 4 rings (SSSR count). The molecule has 8 nitrogen and oxygen atoms in total. The normalized spacial score (nSPS) is 16.3. The zero-order valence-corrected chi connectivity index (χ0v) is 15.8. The summed E-state index contributed by atoms with van der Waals surface area (Å²) in [5.74, 6) is 0.292. The Kier molecular flexibility index (Phi) is 5.16. The number of piperazine rings is 1. The van der Waals surface area contributed by atoms with E-state index in [1.54, 1.807) is 47.1 Å². The van der Waals surface area contributed by atoms with Gasteiger partial charge in [0.05, 0.1) is 17.1 Å². The number of halogens is 1. The molecule has 146 valence electrons. The van der Waals surface area contributed by atoms with Crippen LogP contribution in [0.25, 0.3) is 5.69 Å². The molecule has 0 unspecified atom stereocenters. The number of nitrogens with zero attached hydrogens (tertiary/aromatic N) is 6. The van der Waals surface area contributed by atoms with Crippen LogP contribution in [0.4, 0.5) is 4.39 Å². The lowest BCUT2D eigenvalue weighted by Gasteiger charge is -2.33. The summed E-state index contributed by atoms with van der Waals surface area (Å²) in [5.41, 5.74) is 0.673. The fourth-order valence-electron chi connectivity index (χ4n) is 3.16. The van der Waals surface area contributed by atoms with Gasteiger partial charge in [-0.25, -0.2) is 12.8 Å². The molecule has 0 saturated carbocycles. The first-order valence-corrected chi connectivity index (χ1v) is 10.3. The van der Waals surface area contributed by atoms with Crippen molar-refractivity contribution < 1.29 is 12.8 Å². The average Bonchev–Trinajstić information content (AvgIpc) is 3.18. The molecule has 10 heteroatoms. The second-order valence-corrected chi connectivity index (χ2v) is 8.41. The van der Waals surface area contributed by atoms with Crippen molar-refractivity contribution in [3.8, 4) is 5.69 Å². The SMILES string of the molecule is O=S(=O)(c1ccccc1)N1CCN(Cc2nnnn2-c2ccc(F)cc2)CC1. The fraction of sp³-hybridized carbons (Fsp3) is 0.278. The molecule has 0 amide bonds. The Morgan fingerprint density at radius 1 is 0.929 bits per heavy atom. The van der Waals surface area contributed by atoms with E-state index in [1.807, 2.05) is 0 Å². The highest BCUT2D eigenvalue weighted by Crippen LogP contribution is 2.18. The molecule has 0 N–H and O–H groups in total. The van der Waals surface area contributed by atoms with Gasteiger partial charge in [0.15, 0.2) is 5.82 Å². The van der Waals surface area contributed by atoms with E-state index in [4.69, 9.17) is 0 Å². The van der Waals surface area contributed by atoms with Crippen LogP contribution in [-0.2, 0) is 16.6 Å². The van der Waals surface area contributed by atoms with Crippen molar-refractivity contribution in [3.05, 3.63) is 66.2 Å². The minimum Gasteiger partial charge on any atom is -0.293 e. The Hall–Kier alpha value is -2.69. The van der Waals surface area contributed by atoms with Crippen LogP contribution in [0.1, 0.15) is 5.82 Å². The summed E-state index contributed by atoms with van der Waals surface area (Å²) in [6.07, 6.45) is 0. The Morgan fingerprint density at radius 2 is 1.61 bits per heavy atom. The Morgan fingerprint density at radius 3 is 2.29 bits per heavy atom. The summed E-state index contributed by atoms with van der Waals surface area (Å²) in [7, 11) is -3.48. The van der Waals surface area contributed by atoms with Crippen molar-refractivity contribution in [1.29, 1.82) is 0 Å². The maximum atomic E-state index is 13.1. The standard InChI is InChI=1S/C18H19FN6O2S/c19-15-6-8-16(9-7-15)25-18(20-21-22-25)14-23-10-12-24(13-11-23)28(26,27)17-4-2-1-3-5-17/h1-9H,10-14H2. The van der Waals surface area contributed by atoms with E-state index in [9.17, 15) is 12.8 Å². The third-order valence-corrected chi connectivity index (χ3v) is 6.60. The average molecular weight is 402 g/mol. The molecule has 28 heavy (non-hydrogen) atoms. The van der Waals surface area contributed by atoms with Gasteiger partial charge in [0, 0.05) is 26.2 Å². The first-order chi connectivity index (χ1) is 13.5. The predicted octanol–water partition coefficient (Wildman–Crippen LogP) is 1.31. The molecule has 0 aliphatic carbocycles. The van der Waals surface area contributed by atoms with Gasteiger partial charge < -0.3 is 0 Å². The maximum Gasteiger partial charge on any atom is 0.243 e. The summed E-state index contributed by atoms with van der Waals surface area (Å²) in [5, 5.41) is 11.8.